The summed E-state index contributed by atoms with van der Waals surface area (Å²) < 4.78 is 0. The predicted molar refractivity (Wildman–Crippen MR) is 102 cm³/mol. The second-order valence-electron chi connectivity index (χ2n) is 6.98. The molecular formula is C21H27N3O. The van der Waals surface area contributed by atoms with Gasteiger partial charge in [-0.2, -0.15) is 0 Å². The first-order valence-corrected chi connectivity index (χ1v) is 9.18. The lowest BCUT2D eigenvalue weighted by atomic mass is 10.00. The summed E-state index contributed by atoms with van der Waals surface area (Å²) in [7, 11) is 0. The van der Waals surface area contributed by atoms with Gasteiger partial charge in [-0.05, 0) is 62.4 Å². The van der Waals surface area contributed by atoms with E-state index in [0.29, 0.717) is 11.6 Å². The van der Waals surface area contributed by atoms with Crippen molar-refractivity contribution in [2.24, 2.45) is 5.92 Å². The third kappa shape index (κ3) is 4.01. The van der Waals surface area contributed by atoms with Crippen molar-refractivity contribution in [2.75, 3.05) is 24.5 Å². The van der Waals surface area contributed by atoms with Gasteiger partial charge in [-0.25, -0.2) is 0 Å². The number of anilines is 2. The monoisotopic (exact) mass is 337 g/mol. The van der Waals surface area contributed by atoms with Crippen LogP contribution < -0.4 is 4.90 Å². The number of rotatable bonds is 4. The Bertz CT molecular complexity index is 743. The summed E-state index contributed by atoms with van der Waals surface area (Å²) >= 11 is 0. The Hall–Kier alpha value is -2.36. The van der Waals surface area contributed by atoms with Gasteiger partial charge < -0.3 is 9.80 Å². The quantitative estimate of drug-likeness (QED) is 0.828. The van der Waals surface area contributed by atoms with Gasteiger partial charge in [-0.1, -0.05) is 19.1 Å². The molecule has 2 heterocycles. The minimum absolute atomic E-state index is 0.0497. The maximum atomic E-state index is 12.8. The number of hydrogen-bond donors (Lipinski definition) is 0. The molecule has 0 bridgehead atoms. The molecule has 2 aromatic rings. The summed E-state index contributed by atoms with van der Waals surface area (Å²) in [6.45, 7) is 8.93. The van der Waals surface area contributed by atoms with E-state index in [0.717, 1.165) is 37.4 Å². The summed E-state index contributed by atoms with van der Waals surface area (Å²) in [5.41, 5.74) is 3.91. The van der Waals surface area contributed by atoms with Crippen LogP contribution in [0.25, 0.3) is 0 Å². The van der Waals surface area contributed by atoms with E-state index in [-0.39, 0.29) is 5.91 Å². The Balaban J connectivity index is 1.86. The third-order valence-electron chi connectivity index (χ3n) is 4.85. The molecule has 1 aromatic carbocycles. The van der Waals surface area contributed by atoms with Crippen molar-refractivity contribution in [3.05, 3.63) is 53.9 Å². The van der Waals surface area contributed by atoms with Crippen LogP contribution in [-0.4, -0.2) is 35.4 Å². The van der Waals surface area contributed by atoms with Crippen molar-refractivity contribution >= 4 is 17.3 Å². The number of carbonyl (C=O) groups excluding carboxylic acids is 1. The third-order valence-corrected chi connectivity index (χ3v) is 4.85. The summed E-state index contributed by atoms with van der Waals surface area (Å²) in [6.07, 6.45) is 4.03. The molecule has 132 valence electrons. The molecule has 1 unspecified atom stereocenters. The first-order chi connectivity index (χ1) is 12.1. The van der Waals surface area contributed by atoms with Gasteiger partial charge in [0, 0.05) is 37.2 Å². The fourth-order valence-electron chi connectivity index (χ4n) is 3.55. The molecule has 1 aromatic heterocycles. The van der Waals surface area contributed by atoms with Crippen molar-refractivity contribution < 1.29 is 4.79 Å². The van der Waals surface area contributed by atoms with Gasteiger partial charge in [0.25, 0.3) is 5.91 Å². The molecule has 1 fully saturated rings. The van der Waals surface area contributed by atoms with E-state index >= 15 is 0 Å². The number of aryl methyl sites for hydroxylation is 1. The Morgan fingerprint density at radius 2 is 2.08 bits per heavy atom. The zero-order chi connectivity index (χ0) is 17.8. The number of pyridine rings is 1. The Labute approximate surface area is 150 Å². The Morgan fingerprint density at radius 1 is 1.28 bits per heavy atom. The number of nitrogens with zero attached hydrogens (tertiary/aromatic N) is 3. The standard InChI is InChI=1S/C21H27N3O/c1-4-24(18-9-5-7-16(2)13-18)19-10-11-22-20(14-19)21(25)23-12-6-8-17(3)15-23/h5,7,9-11,13-14,17H,4,6,8,12,15H2,1-3H3. The first-order valence-electron chi connectivity index (χ1n) is 9.18. The molecule has 0 N–H and O–H groups in total. The van der Waals surface area contributed by atoms with Crippen molar-refractivity contribution in [3.8, 4) is 0 Å². The van der Waals surface area contributed by atoms with Crippen LogP contribution in [0, 0.1) is 12.8 Å². The highest BCUT2D eigenvalue weighted by molar-refractivity contribution is 5.93. The molecular weight excluding hydrogens is 310 g/mol. The van der Waals surface area contributed by atoms with E-state index in [4.69, 9.17) is 0 Å². The average Bonchev–Trinajstić information content (AvgIpc) is 2.62. The summed E-state index contributed by atoms with van der Waals surface area (Å²) in [4.78, 5) is 21.4. The topological polar surface area (TPSA) is 36.4 Å². The number of likely N-dealkylation sites (tertiary alicyclic amines) is 1. The number of carbonyl (C=O) groups is 1. The van der Waals surface area contributed by atoms with Gasteiger partial charge >= 0.3 is 0 Å². The van der Waals surface area contributed by atoms with Gasteiger partial charge in [0.2, 0.25) is 0 Å². The second-order valence-corrected chi connectivity index (χ2v) is 6.98. The molecule has 1 saturated heterocycles. The van der Waals surface area contributed by atoms with Crippen LogP contribution in [0.1, 0.15) is 42.7 Å². The molecule has 1 amide bonds. The molecule has 0 spiro atoms. The number of piperidine rings is 1. The van der Waals surface area contributed by atoms with Crippen molar-refractivity contribution in [1.82, 2.24) is 9.88 Å². The van der Waals surface area contributed by atoms with E-state index in [1.54, 1.807) is 6.20 Å². The van der Waals surface area contributed by atoms with E-state index in [2.05, 4.69) is 54.9 Å². The smallest absolute Gasteiger partial charge is 0.272 e. The summed E-state index contributed by atoms with van der Waals surface area (Å²) in [5, 5.41) is 0. The number of benzene rings is 1. The van der Waals surface area contributed by atoms with Crippen LogP contribution in [0.15, 0.2) is 42.6 Å². The van der Waals surface area contributed by atoms with Crippen LogP contribution in [-0.2, 0) is 0 Å². The normalized spacial score (nSPS) is 17.4. The second kappa shape index (κ2) is 7.68. The molecule has 4 nitrogen and oxygen atoms in total. The molecule has 3 rings (SSSR count). The average molecular weight is 337 g/mol. The van der Waals surface area contributed by atoms with E-state index < -0.39 is 0 Å². The number of amides is 1. The van der Waals surface area contributed by atoms with Gasteiger partial charge in [-0.15, -0.1) is 0 Å². The molecule has 1 atom stereocenters. The minimum Gasteiger partial charge on any atom is -0.342 e. The van der Waals surface area contributed by atoms with Crippen LogP contribution in [0.4, 0.5) is 11.4 Å². The summed E-state index contributed by atoms with van der Waals surface area (Å²) in [5.74, 6) is 0.619. The molecule has 25 heavy (non-hydrogen) atoms. The highest BCUT2D eigenvalue weighted by Gasteiger charge is 2.23. The summed E-state index contributed by atoms with van der Waals surface area (Å²) in [6, 6.07) is 12.3. The zero-order valence-electron chi connectivity index (χ0n) is 15.4. The lowest BCUT2D eigenvalue weighted by molar-refractivity contribution is 0.0677. The van der Waals surface area contributed by atoms with Crippen molar-refractivity contribution in [1.29, 1.82) is 0 Å². The van der Waals surface area contributed by atoms with Crippen LogP contribution in [0.2, 0.25) is 0 Å². The molecule has 0 aliphatic carbocycles. The van der Waals surface area contributed by atoms with E-state index in [1.165, 1.54) is 12.0 Å². The SMILES string of the molecule is CCN(c1cccc(C)c1)c1ccnc(C(=O)N2CCCC(C)C2)c1. The van der Waals surface area contributed by atoms with Crippen LogP contribution in [0.5, 0.6) is 0 Å². The van der Waals surface area contributed by atoms with Crippen molar-refractivity contribution in [2.45, 2.75) is 33.6 Å². The van der Waals surface area contributed by atoms with Crippen molar-refractivity contribution in [3.63, 3.8) is 0 Å². The molecule has 1 aliphatic heterocycles. The van der Waals surface area contributed by atoms with Crippen LogP contribution in [0.3, 0.4) is 0 Å². The number of aromatic nitrogens is 1. The van der Waals surface area contributed by atoms with Gasteiger partial charge in [0.15, 0.2) is 0 Å². The minimum atomic E-state index is 0.0497. The van der Waals surface area contributed by atoms with E-state index in [9.17, 15) is 4.79 Å². The zero-order valence-corrected chi connectivity index (χ0v) is 15.4. The highest BCUT2D eigenvalue weighted by atomic mass is 16.2. The molecule has 4 heteroatoms. The largest absolute Gasteiger partial charge is 0.342 e. The lowest BCUT2D eigenvalue weighted by Gasteiger charge is -2.31. The maximum absolute atomic E-state index is 12.8. The van der Waals surface area contributed by atoms with Gasteiger partial charge in [0.05, 0.1) is 0 Å². The van der Waals surface area contributed by atoms with Gasteiger partial charge in [-0.3, -0.25) is 9.78 Å². The molecule has 1 aliphatic rings. The Kier molecular flexibility index (Phi) is 5.37. The van der Waals surface area contributed by atoms with Crippen LogP contribution >= 0.6 is 0 Å². The molecule has 0 radical (unpaired) electrons. The van der Waals surface area contributed by atoms with Gasteiger partial charge in [0.1, 0.15) is 5.69 Å². The fourth-order valence-corrected chi connectivity index (χ4v) is 3.55. The Morgan fingerprint density at radius 3 is 2.80 bits per heavy atom. The molecule has 0 saturated carbocycles. The van der Waals surface area contributed by atoms with E-state index in [1.807, 2.05) is 17.0 Å². The lowest BCUT2D eigenvalue weighted by Crippen LogP contribution is -2.39. The number of hydrogen-bond acceptors (Lipinski definition) is 3. The fraction of sp³-hybridized carbons (Fsp3) is 0.429. The first kappa shape index (κ1) is 17.5. The highest BCUT2D eigenvalue weighted by Crippen LogP contribution is 2.26. The predicted octanol–water partition coefficient (Wildman–Crippen LogP) is 4.42. The maximum Gasteiger partial charge on any atom is 0.272 e.